The summed E-state index contributed by atoms with van der Waals surface area (Å²) >= 11 is 0. The molecule has 5 nitrogen and oxygen atoms in total. The number of carbonyl (C=O) groups excluding carboxylic acids is 1. The maximum atomic E-state index is 11.9. The molecule has 0 radical (unpaired) electrons. The first-order chi connectivity index (χ1) is 9.05. The topological polar surface area (TPSA) is 78.6 Å². The summed E-state index contributed by atoms with van der Waals surface area (Å²) in [4.78, 5) is 14.1. The molecule has 0 bridgehead atoms. The smallest absolute Gasteiger partial charge is 0.234 e. The van der Waals surface area contributed by atoms with Crippen LogP contribution in [0.15, 0.2) is 0 Å². The third kappa shape index (κ3) is 5.09. The molecule has 1 aliphatic heterocycles. The average molecular weight is 271 g/mol. The minimum atomic E-state index is -0.167. The van der Waals surface area contributed by atoms with Crippen molar-refractivity contribution in [1.82, 2.24) is 10.2 Å². The number of nitrogens with zero attached hydrogens (tertiary/aromatic N) is 1. The second-order valence-corrected chi connectivity index (χ2v) is 5.76. The highest BCUT2D eigenvalue weighted by atomic mass is 16.3. The van der Waals surface area contributed by atoms with Crippen molar-refractivity contribution in [3.8, 4) is 0 Å². The Morgan fingerprint density at radius 2 is 1.95 bits per heavy atom. The van der Waals surface area contributed by atoms with Gasteiger partial charge in [-0.25, -0.2) is 0 Å². The van der Waals surface area contributed by atoms with Gasteiger partial charge >= 0.3 is 0 Å². The van der Waals surface area contributed by atoms with Gasteiger partial charge in [-0.3, -0.25) is 9.69 Å². The lowest BCUT2D eigenvalue weighted by molar-refractivity contribution is -0.123. The van der Waals surface area contributed by atoms with E-state index in [1.54, 1.807) is 0 Å². The highest BCUT2D eigenvalue weighted by Crippen LogP contribution is 2.24. The Bertz CT molecular complexity index is 264. The number of aliphatic hydroxyl groups excluding tert-OH is 1. The lowest BCUT2D eigenvalue weighted by Gasteiger charge is -2.32. The predicted molar refractivity (Wildman–Crippen MR) is 76.8 cm³/mol. The molecule has 0 aromatic heterocycles. The molecule has 1 saturated heterocycles. The molecule has 1 heterocycles. The maximum Gasteiger partial charge on any atom is 0.234 e. The van der Waals surface area contributed by atoms with Gasteiger partial charge in [0.2, 0.25) is 5.91 Å². The summed E-state index contributed by atoms with van der Waals surface area (Å²) in [6.45, 7) is 7.04. The first-order valence-corrected chi connectivity index (χ1v) is 7.40. The number of likely N-dealkylation sites (tertiary alicyclic amines) is 1. The van der Waals surface area contributed by atoms with Crippen molar-refractivity contribution in [2.45, 2.75) is 45.6 Å². The highest BCUT2D eigenvalue weighted by molar-refractivity contribution is 5.78. The molecule has 1 fully saturated rings. The van der Waals surface area contributed by atoms with Gasteiger partial charge in [-0.05, 0) is 25.7 Å². The molecular formula is C14H29N3O2. The number of nitrogens with two attached hydrogens (primary N) is 1. The molecule has 112 valence electrons. The summed E-state index contributed by atoms with van der Waals surface area (Å²) in [5.41, 5.74) is 5.68. The van der Waals surface area contributed by atoms with Gasteiger partial charge in [0, 0.05) is 31.1 Å². The van der Waals surface area contributed by atoms with Gasteiger partial charge in [-0.2, -0.15) is 0 Å². The lowest BCUT2D eigenvalue weighted by atomic mass is 9.83. The van der Waals surface area contributed by atoms with Crippen molar-refractivity contribution >= 4 is 5.91 Å². The Morgan fingerprint density at radius 3 is 2.42 bits per heavy atom. The van der Waals surface area contributed by atoms with E-state index in [4.69, 9.17) is 5.73 Å². The summed E-state index contributed by atoms with van der Waals surface area (Å²) in [5, 5.41) is 12.4. The molecule has 1 aliphatic rings. The first kappa shape index (κ1) is 16.4. The van der Waals surface area contributed by atoms with Crippen LogP contribution in [-0.4, -0.2) is 54.7 Å². The second kappa shape index (κ2) is 7.82. The number of amides is 1. The van der Waals surface area contributed by atoms with E-state index < -0.39 is 0 Å². The van der Waals surface area contributed by atoms with Crippen LogP contribution in [0.1, 0.15) is 39.5 Å². The molecule has 0 aromatic rings. The molecule has 19 heavy (non-hydrogen) atoms. The van der Waals surface area contributed by atoms with Crippen LogP contribution in [0.5, 0.6) is 0 Å². The summed E-state index contributed by atoms with van der Waals surface area (Å²) in [6, 6.07) is 0.293. The van der Waals surface area contributed by atoms with E-state index in [2.05, 4.69) is 24.1 Å². The van der Waals surface area contributed by atoms with Crippen LogP contribution in [0.4, 0.5) is 0 Å². The van der Waals surface area contributed by atoms with E-state index >= 15 is 0 Å². The maximum absolute atomic E-state index is 11.9. The standard InChI is InChI=1S/C14H29N3O2/c1-3-14(4-2,11-18)10-16-13(19)9-17-7-5-12(15)6-8-17/h12,18H,3-11,15H2,1-2H3,(H,16,19). The van der Waals surface area contributed by atoms with Crippen molar-refractivity contribution < 1.29 is 9.90 Å². The fourth-order valence-corrected chi connectivity index (χ4v) is 2.44. The van der Waals surface area contributed by atoms with Gasteiger partial charge in [0.1, 0.15) is 0 Å². The third-order valence-corrected chi connectivity index (χ3v) is 4.50. The zero-order valence-corrected chi connectivity index (χ0v) is 12.3. The quantitative estimate of drug-likeness (QED) is 0.623. The molecule has 0 atom stereocenters. The molecule has 0 saturated carbocycles. The molecule has 1 amide bonds. The average Bonchev–Trinajstić information content (AvgIpc) is 2.44. The predicted octanol–water partition coefficient (Wildman–Crippen LogP) is 0.324. The Morgan fingerprint density at radius 1 is 1.37 bits per heavy atom. The van der Waals surface area contributed by atoms with Crippen LogP contribution in [-0.2, 0) is 4.79 Å². The second-order valence-electron chi connectivity index (χ2n) is 5.76. The number of piperidine rings is 1. The lowest BCUT2D eigenvalue weighted by Crippen LogP contribution is -2.47. The van der Waals surface area contributed by atoms with Crippen LogP contribution in [0, 0.1) is 5.41 Å². The summed E-state index contributed by atoms with van der Waals surface area (Å²) in [6.07, 6.45) is 3.69. The molecule has 1 rings (SSSR count). The number of rotatable bonds is 7. The SMILES string of the molecule is CCC(CC)(CO)CNC(=O)CN1CCC(N)CC1. The molecule has 0 unspecified atom stereocenters. The third-order valence-electron chi connectivity index (χ3n) is 4.50. The Kier molecular flexibility index (Phi) is 6.75. The van der Waals surface area contributed by atoms with Gasteiger partial charge in [-0.15, -0.1) is 0 Å². The van der Waals surface area contributed by atoms with Gasteiger partial charge in [0.05, 0.1) is 13.2 Å². The minimum Gasteiger partial charge on any atom is -0.396 e. The van der Waals surface area contributed by atoms with E-state index in [1.165, 1.54) is 0 Å². The Balaban J connectivity index is 2.31. The van der Waals surface area contributed by atoms with Crippen molar-refractivity contribution in [2.24, 2.45) is 11.1 Å². The summed E-state index contributed by atoms with van der Waals surface area (Å²) in [5.74, 6) is 0.0511. The van der Waals surface area contributed by atoms with Crippen LogP contribution in [0.2, 0.25) is 0 Å². The van der Waals surface area contributed by atoms with E-state index in [9.17, 15) is 9.90 Å². The normalized spacial score (nSPS) is 18.5. The number of hydrogen-bond acceptors (Lipinski definition) is 4. The zero-order valence-electron chi connectivity index (χ0n) is 12.3. The van der Waals surface area contributed by atoms with E-state index in [-0.39, 0.29) is 17.9 Å². The fraction of sp³-hybridized carbons (Fsp3) is 0.929. The van der Waals surface area contributed by atoms with Crippen molar-refractivity contribution in [3.63, 3.8) is 0 Å². The van der Waals surface area contributed by atoms with E-state index in [1.807, 2.05) is 0 Å². The largest absolute Gasteiger partial charge is 0.396 e. The van der Waals surface area contributed by atoms with Crippen molar-refractivity contribution in [2.75, 3.05) is 32.8 Å². The Hall–Kier alpha value is -0.650. The highest BCUT2D eigenvalue weighted by Gasteiger charge is 2.26. The molecule has 4 N–H and O–H groups in total. The fourth-order valence-electron chi connectivity index (χ4n) is 2.44. The molecule has 5 heteroatoms. The van der Waals surface area contributed by atoms with Crippen molar-refractivity contribution in [3.05, 3.63) is 0 Å². The summed E-state index contributed by atoms with van der Waals surface area (Å²) < 4.78 is 0. The van der Waals surface area contributed by atoms with E-state index in [0.29, 0.717) is 19.1 Å². The molecular weight excluding hydrogens is 242 g/mol. The number of carbonyl (C=O) groups is 1. The monoisotopic (exact) mass is 271 g/mol. The van der Waals surface area contributed by atoms with Crippen LogP contribution >= 0.6 is 0 Å². The molecule has 0 spiro atoms. The molecule has 0 aliphatic carbocycles. The number of aliphatic hydroxyl groups is 1. The minimum absolute atomic E-state index is 0.0511. The Labute approximate surface area is 116 Å². The van der Waals surface area contributed by atoms with Gasteiger partial charge in [-0.1, -0.05) is 13.8 Å². The van der Waals surface area contributed by atoms with Crippen LogP contribution < -0.4 is 11.1 Å². The molecule has 0 aromatic carbocycles. The van der Waals surface area contributed by atoms with Gasteiger partial charge in [0.15, 0.2) is 0 Å². The van der Waals surface area contributed by atoms with E-state index in [0.717, 1.165) is 38.8 Å². The van der Waals surface area contributed by atoms with Crippen LogP contribution in [0.25, 0.3) is 0 Å². The number of nitrogens with one attached hydrogen (secondary N) is 1. The van der Waals surface area contributed by atoms with Gasteiger partial charge < -0.3 is 16.2 Å². The number of hydrogen-bond donors (Lipinski definition) is 3. The first-order valence-electron chi connectivity index (χ1n) is 7.40. The summed E-state index contributed by atoms with van der Waals surface area (Å²) in [7, 11) is 0. The van der Waals surface area contributed by atoms with Gasteiger partial charge in [0.25, 0.3) is 0 Å². The zero-order chi connectivity index (χ0) is 14.3. The van der Waals surface area contributed by atoms with Crippen LogP contribution in [0.3, 0.4) is 0 Å². The van der Waals surface area contributed by atoms with Crippen molar-refractivity contribution in [1.29, 1.82) is 0 Å².